The molecule has 1 atom stereocenters. The van der Waals surface area contributed by atoms with Gasteiger partial charge in [-0.05, 0) is 42.8 Å². The molecule has 15 heavy (non-hydrogen) atoms. The van der Waals surface area contributed by atoms with Crippen molar-refractivity contribution in [3.63, 3.8) is 0 Å². The number of thiophene rings is 1. The maximum atomic E-state index is 7.24. The summed E-state index contributed by atoms with van der Waals surface area (Å²) in [4.78, 5) is 2.25. The Morgan fingerprint density at radius 3 is 2.93 bits per heavy atom. The first kappa shape index (κ1) is 12.2. The number of likely N-dealkylation sites (N-methyl/N-ethyl adjacent to an activating group) is 1. The van der Waals surface area contributed by atoms with Crippen LogP contribution in [-0.4, -0.2) is 30.4 Å². The summed E-state index contributed by atoms with van der Waals surface area (Å²) in [5.41, 5.74) is 6.77. The molecule has 1 heterocycles. The minimum atomic E-state index is 0.268. The number of nitrogens with one attached hydrogen (secondary N) is 1. The number of hydrogen-bond acceptors (Lipinski definition) is 3. The zero-order valence-electron chi connectivity index (χ0n) is 9.36. The van der Waals surface area contributed by atoms with Gasteiger partial charge < -0.3 is 10.6 Å². The van der Waals surface area contributed by atoms with Crippen molar-refractivity contribution in [1.82, 2.24) is 4.90 Å². The van der Waals surface area contributed by atoms with E-state index in [4.69, 9.17) is 11.1 Å². The average Bonchev–Trinajstić information content (AvgIpc) is 2.65. The second-order valence-electron chi connectivity index (χ2n) is 3.94. The highest BCUT2D eigenvalue weighted by molar-refractivity contribution is 7.07. The molecule has 1 rings (SSSR count). The highest BCUT2D eigenvalue weighted by Crippen LogP contribution is 2.08. The minimum absolute atomic E-state index is 0.268. The van der Waals surface area contributed by atoms with Crippen molar-refractivity contribution in [2.75, 3.05) is 13.6 Å². The largest absolute Gasteiger partial charge is 0.388 e. The van der Waals surface area contributed by atoms with Crippen LogP contribution in [0, 0.1) is 5.41 Å². The molecule has 0 bridgehead atoms. The third kappa shape index (κ3) is 4.44. The number of nitrogens with two attached hydrogens (primary N) is 1. The molecule has 0 aliphatic rings. The van der Waals surface area contributed by atoms with Gasteiger partial charge >= 0.3 is 0 Å². The zero-order valence-corrected chi connectivity index (χ0v) is 10.2. The zero-order chi connectivity index (χ0) is 11.3. The molecule has 0 saturated heterocycles. The molecule has 0 fully saturated rings. The summed E-state index contributed by atoms with van der Waals surface area (Å²) in [6, 6.07) is 2.51. The van der Waals surface area contributed by atoms with E-state index in [2.05, 4.69) is 35.7 Å². The van der Waals surface area contributed by atoms with E-state index in [0.717, 1.165) is 13.0 Å². The Balaban J connectivity index is 2.29. The van der Waals surface area contributed by atoms with Crippen LogP contribution in [0.15, 0.2) is 16.8 Å². The Kier molecular flexibility index (Phi) is 4.78. The van der Waals surface area contributed by atoms with E-state index in [0.29, 0.717) is 12.5 Å². The van der Waals surface area contributed by atoms with E-state index in [1.54, 1.807) is 11.3 Å². The van der Waals surface area contributed by atoms with Crippen LogP contribution < -0.4 is 5.73 Å². The summed E-state index contributed by atoms with van der Waals surface area (Å²) in [5.74, 6) is 0.268. The van der Waals surface area contributed by atoms with E-state index in [-0.39, 0.29) is 5.84 Å². The van der Waals surface area contributed by atoms with Gasteiger partial charge in [-0.1, -0.05) is 0 Å². The topological polar surface area (TPSA) is 53.1 Å². The summed E-state index contributed by atoms with van der Waals surface area (Å²) in [6.07, 6.45) is 1.72. The standard InChI is InChI=1S/C11H19N3S/c1-9(7-11(12)13)14(2)5-3-10-4-6-15-8-10/h4,6,8-9H,3,5,7H2,1-2H3,(H3,12,13). The Morgan fingerprint density at radius 1 is 1.67 bits per heavy atom. The third-order valence-corrected chi connectivity index (χ3v) is 3.33. The number of rotatable bonds is 6. The Hall–Kier alpha value is -0.870. The molecule has 0 saturated carbocycles. The fourth-order valence-electron chi connectivity index (χ4n) is 1.43. The van der Waals surface area contributed by atoms with Crippen LogP contribution in [0.5, 0.6) is 0 Å². The van der Waals surface area contributed by atoms with Crippen molar-refractivity contribution >= 4 is 17.2 Å². The van der Waals surface area contributed by atoms with Gasteiger partial charge in [-0.2, -0.15) is 11.3 Å². The van der Waals surface area contributed by atoms with Crippen LogP contribution in [0.1, 0.15) is 18.9 Å². The molecule has 1 unspecified atom stereocenters. The summed E-state index contributed by atoms with van der Waals surface area (Å²) in [6.45, 7) is 3.13. The number of nitrogens with zero attached hydrogens (tertiary/aromatic N) is 1. The molecule has 0 aromatic carbocycles. The summed E-state index contributed by atoms with van der Waals surface area (Å²) in [7, 11) is 2.08. The van der Waals surface area contributed by atoms with Crippen LogP contribution in [0.25, 0.3) is 0 Å². The maximum Gasteiger partial charge on any atom is 0.0920 e. The molecule has 0 spiro atoms. The van der Waals surface area contributed by atoms with E-state index < -0.39 is 0 Å². The lowest BCUT2D eigenvalue weighted by Crippen LogP contribution is -2.34. The Labute approximate surface area is 95.4 Å². The van der Waals surface area contributed by atoms with Crippen molar-refractivity contribution < 1.29 is 0 Å². The van der Waals surface area contributed by atoms with Gasteiger partial charge in [0.1, 0.15) is 0 Å². The first-order valence-electron chi connectivity index (χ1n) is 5.14. The van der Waals surface area contributed by atoms with Crippen molar-refractivity contribution in [1.29, 1.82) is 5.41 Å². The van der Waals surface area contributed by atoms with E-state index >= 15 is 0 Å². The lowest BCUT2D eigenvalue weighted by Gasteiger charge is -2.23. The normalized spacial score (nSPS) is 13.0. The van der Waals surface area contributed by atoms with E-state index in [9.17, 15) is 0 Å². The molecule has 1 aromatic rings. The quantitative estimate of drug-likeness (QED) is 0.574. The minimum Gasteiger partial charge on any atom is -0.388 e. The van der Waals surface area contributed by atoms with Gasteiger partial charge in [-0.15, -0.1) is 0 Å². The summed E-state index contributed by atoms with van der Waals surface area (Å²) in [5, 5.41) is 11.5. The average molecular weight is 225 g/mol. The number of hydrogen-bond donors (Lipinski definition) is 2. The van der Waals surface area contributed by atoms with Crippen molar-refractivity contribution in [3.8, 4) is 0 Å². The predicted octanol–water partition coefficient (Wildman–Crippen LogP) is 1.94. The highest BCUT2D eigenvalue weighted by atomic mass is 32.1. The van der Waals surface area contributed by atoms with Crippen LogP contribution in [0.3, 0.4) is 0 Å². The molecule has 3 N–H and O–H groups in total. The molecule has 84 valence electrons. The summed E-state index contributed by atoms with van der Waals surface area (Å²) < 4.78 is 0. The second kappa shape index (κ2) is 5.88. The van der Waals surface area contributed by atoms with Gasteiger partial charge in [0.15, 0.2) is 0 Å². The second-order valence-corrected chi connectivity index (χ2v) is 4.72. The predicted molar refractivity (Wildman–Crippen MR) is 66.6 cm³/mol. The number of amidine groups is 1. The molecule has 0 aliphatic heterocycles. The van der Waals surface area contributed by atoms with E-state index in [1.807, 2.05) is 0 Å². The third-order valence-electron chi connectivity index (χ3n) is 2.60. The smallest absolute Gasteiger partial charge is 0.0920 e. The molecule has 0 radical (unpaired) electrons. The van der Waals surface area contributed by atoms with Crippen LogP contribution in [0.2, 0.25) is 0 Å². The fraction of sp³-hybridized carbons (Fsp3) is 0.545. The van der Waals surface area contributed by atoms with Crippen LogP contribution in [0.4, 0.5) is 0 Å². The first-order valence-corrected chi connectivity index (χ1v) is 6.08. The molecular formula is C11H19N3S. The molecule has 3 nitrogen and oxygen atoms in total. The molecule has 0 aliphatic carbocycles. The lowest BCUT2D eigenvalue weighted by molar-refractivity contribution is 0.266. The Morgan fingerprint density at radius 2 is 2.40 bits per heavy atom. The molecular weight excluding hydrogens is 206 g/mol. The molecule has 4 heteroatoms. The van der Waals surface area contributed by atoms with Crippen molar-refractivity contribution in [2.24, 2.45) is 5.73 Å². The Bertz CT molecular complexity index is 295. The maximum absolute atomic E-state index is 7.24. The highest BCUT2D eigenvalue weighted by Gasteiger charge is 2.09. The first-order chi connectivity index (χ1) is 7.09. The van der Waals surface area contributed by atoms with Crippen LogP contribution >= 0.6 is 11.3 Å². The van der Waals surface area contributed by atoms with Gasteiger partial charge in [0, 0.05) is 19.0 Å². The van der Waals surface area contributed by atoms with Crippen LogP contribution in [-0.2, 0) is 6.42 Å². The SMILES string of the molecule is CC(CC(=N)N)N(C)CCc1ccsc1. The monoisotopic (exact) mass is 225 g/mol. The fourth-order valence-corrected chi connectivity index (χ4v) is 2.14. The van der Waals surface area contributed by atoms with E-state index in [1.165, 1.54) is 5.56 Å². The summed E-state index contributed by atoms with van der Waals surface area (Å²) >= 11 is 1.74. The van der Waals surface area contributed by atoms with Gasteiger partial charge in [0.05, 0.1) is 5.84 Å². The van der Waals surface area contributed by atoms with Gasteiger partial charge in [0.2, 0.25) is 0 Å². The van der Waals surface area contributed by atoms with Gasteiger partial charge in [0.25, 0.3) is 0 Å². The van der Waals surface area contributed by atoms with Crippen molar-refractivity contribution in [2.45, 2.75) is 25.8 Å². The molecule has 0 amide bonds. The van der Waals surface area contributed by atoms with Crippen molar-refractivity contribution in [3.05, 3.63) is 22.4 Å². The molecule has 1 aromatic heterocycles. The van der Waals surface area contributed by atoms with Gasteiger partial charge in [-0.3, -0.25) is 5.41 Å². The van der Waals surface area contributed by atoms with Gasteiger partial charge in [-0.25, -0.2) is 0 Å². The lowest BCUT2D eigenvalue weighted by atomic mass is 10.1.